The van der Waals surface area contributed by atoms with Crippen LogP contribution in [0.25, 0.3) is 0 Å². The Morgan fingerprint density at radius 1 is 1.50 bits per heavy atom. The first kappa shape index (κ1) is 14.7. The molecule has 1 saturated heterocycles. The maximum atomic E-state index is 12.3. The van der Waals surface area contributed by atoms with Crippen molar-refractivity contribution in [2.24, 2.45) is 5.92 Å². The molecule has 3 N–H and O–H groups in total. The first-order chi connectivity index (χ1) is 9.52. The van der Waals surface area contributed by atoms with Gasteiger partial charge in [-0.2, -0.15) is 0 Å². The molecule has 1 atom stereocenters. The maximum Gasteiger partial charge on any atom is 0.255 e. The lowest BCUT2D eigenvalue weighted by molar-refractivity contribution is 0.0828. The molecular weight excluding hydrogens is 254 g/mol. The van der Waals surface area contributed by atoms with Gasteiger partial charge in [-0.3, -0.25) is 4.79 Å². The molecule has 0 radical (unpaired) electrons. The van der Waals surface area contributed by atoms with E-state index < -0.39 is 0 Å². The van der Waals surface area contributed by atoms with Gasteiger partial charge in [0.15, 0.2) is 0 Å². The molecule has 0 aliphatic carbocycles. The van der Waals surface area contributed by atoms with Gasteiger partial charge in [0.05, 0.1) is 11.3 Å². The summed E-state index contributed by atoms with van der Waals surface area (Å²) < 4.78 is 0. The number of rotatable bonds is 4. The van der Waals surface area contributed by atoms with Crippen molar-refractivity contribution in [3.63, 3.8) is 0 Å². The molecule has 0 spiro atoms. The molecule has 2 rings (SSSR count). The SMILES string of the molecule is CN(C)C(=O)c1ccc(N)cc1N1CCC(CCO)C1. The number of hydrogen-bond acceptors (Lipinski definition) is 4. The van der Waals surface area contributed by atoms with Crippen LogP contribution in [-0.2, 0) is 0 Å². The standard InChI is InChI=1S/C15H23N3O2/c1-17(2)15(20)13-4-3-12(16)9-14(13)18-7-5-11(10-18)6-8-19/h3-4,9,11,19H,5-8,10,16H2,1-2H3. The number of hydrogen-bond donors (Lipinski definition) is 2. The number of carbonyl (C=O) groups is 1. The van der Waals surface area contributed by atoms with E-state index in [1.165, 1.54) is 0 Å². The molecule has 1 fully saturated rings. The first-order valence-corrected chi connectivity index (χ1v) is 7.00. The van der Waals surface area contributed by atoms with Crippen molar-refractivity contribution in [3.05, 3.63) is 23.8 Å². The Bertz CT molecular complexity index is 488. The van der Waals surface area contributed by atoms with Gasteiger partial charge in [-0.15, -0.1) is 0 Å². The second kappa shape index (κ2) is 6.13. The molecule has 0 saturated carbocycles. The van der Waals surface area contributed by atoms with Crippen molar-refractivity contribution in [2.75, 3.05) is 44.4 Å². The molecule has 5 heteroatoms. The molecule has 1 aromatic carbocycles. The normalized spacial score (nSPS) is 18.4. The minimum Gasteiger partial charge on any atom is -0.399 e. The zero-order valence-electron chi connectivity index (χ0n) is 12.2. The molecule has 1 unspecified atom stereocenters. The Morgan fingerprint density at radius 3 is 2.90 bits per heavy atom. The van der Waals surface area contributed by atoms with Crippen LogP contribution < -0.4 is 10.6 Å². The second-order valence-corrected chi connectivity index (χ2v) is 5.59. The van der Waals surface area contributed by atoms with Crippen LogP contribution in [0.4, 0.5) is 11.4 Å². The van der Waals surface area contributed by atoms with Crippen molar-refractivity contribution >= 4 is 17.3 Å². The van der Waals surface area contributed by atoms with E-state index in [-0.39, 0.29) is 12.5 Å². The number of benzene rings is 1. The van der Waals surface area contributed by atoms with Crippen LogP contribution in [0.3, 0.4) is 0 Å². The summed E-state index contributed by atoms with van der Waals surface area (Å²) in [4.78, 5) is 16.0. The first-order valence-electron chi connectivity index (χ1n) is 7.00. The van der Waals surface area contributed by atoms with E-state index in [0.29, 0.717) is 17.2 Å². The molecule has 1 heterocycles. The van der Waals surface area contributed by atoms with E-state index in [4.69, 9.17) is 10.8 Å². The number of aliphatic hydroxyl groups is 1. The predicted octanol–water partition coefficient (Wildman–Crippen LogP) is 1.18. The van der Waals surface area contributed by atoms with Gasteiger partial charge < -0.3 is 20.6 Å². The highest BCUT2D eigenvalue weighted by Crippen LogP contribution is 2.30. The third-order valence-corrected chi connectivity index (χ3v) is 3.82. The van der Waals surface area contributed by atoms with E-state index in [9.17, 15) is 4.79 Å². The quantitative estimate of drug-likeness (QED) is 0.811. The van der Waals surface area contributed by atoms with Crippen molar-refractivity contribution in [2.45, 2.75) is 12.8 Å². The average Bonchev–Trinajstić information content (AvgIpc) is 2.86. The molecule has 1 aliphatic heterocycles. The molecule has 110 valence electrons. The smallest absolute Gasteiger partial charge is 0.255 e. The van der Waals surface area contributed by atoms with Gasteiger partial charge in [0, 0.05) is 39.5 Å². The number of nitrogen functional groups attached to an aromatic ring is 1. The molecular formula is C15H23N3O2. The van der Waals surface area contributed by atoms with Crippen LogP contribution in [0.1, 0.15) is 23.2 Å². The van der Waals surface area contributed by atoms with Gasteiger partial charge in [-0.05, 0) is 37.0 Å². The number of aliphatic hydroxyl groups excluding tert-OH is 1. The fourth-order valence-electron chi connectivity index (χ4n) is 2.70. The summed E-state index contributed by atoms with van der Waals surface area (Å²) in [6.07, 6.45) is 1.86. The Balaban J connectivity index is 2.26. The van der Waals surface area contributed by atoms with E-state index in [0.717, 1.165) is 31.6 Å². The highest BCUT2D eigenvalue weighted by atomic mass is 16.3. The Hall–Kier alpha value is -1.75. The van der Waals surface area contributed by atoms with Gasteiger partial charge in [0.2, 0.25) is 0 Å². The summed E-state index contributed by atoms with van der Waals surface area (Å²) in [5, 5.41) is 9.04. The van der Waals surface area contributed by atoms with E-state index in [1.54, 1.807) is 31.1 Å². The average molecular weight is 277 g/mol. The van der Waals surface area contributed by atoms with Gasteiger partial charge >= 0.3 is 0 Å². The summed E-state index contributed by atoms with van der Waals surface area (Å²) in [5.74, 6) is 0.481. The lowest BCUT2D eigenvalue weighted by Gasteiger charge is -2.23. The monoisotopic (exact) mass is 277 g/mol. The van der Waals surface area contributed by atoms with E-state index >= 15 is 0 Å². The van der Waals surface area contributed by atoms with Gasteiger partial charge in [0.1, 0.15) is 0 Å². The zero-order valence-corrected chi connectivity index (χ0v) is 12.2. The highest BCUT2D eigenvalue weighted by molar-refractivity contribution is 6.00. The molecule has 1 amide bonds. The molecule has 20 heavy (non-hydrogen) atoms. The topological polar surface area (TPSA) is 69.8 Å². The van der Waals surface area contributed by atoms with Gasteiger partial charge in [0.25, 0.3) is 5.91 Å². The van der Waals surface area contributed by atoms with Crippen LogP contribution in [0.2, 0.25) is 0 Å². The highest BCUT2D eigenvalue weighted by Gasteiger charge is 2.26. The van der Waals surface area contributed by atoms with Crippen LogP contribution in [0, 0.1) is 5.92 Å². The van der Waals surface area contributed by atoms with E-state index in [1.807, 2.05) is 6.07 Å². The molecule has 1 aliphatic rings. The maximum absolute atomic E-state index is 12.3. The molecule has 0 bridgehead atoms. The number of carbonyl (C=O) groups excluding carboxylic acids is 1. The Labute approximate surface area is 120 Å². The molecule has 0 aromatic heterocycles. The Kier molecular flexibility index (Phi) is 4.49. The summed E-state index contributed by atoms with van der Waals surface area (Å²) in [6.45, 7) is 2.00. The lowest BCUT2D eigenvalue weighted by Crippen LogP contribution is -2.27. The number of amides is 1. The summed E-state index contributed by atoms with van der Waals surface area (Å²) in [6, 6.07) is 5.44. The second-order valence-electron chi connectivity index (χ2n) is 5.59. The van der Waals surface area contributed by atoms with Crippen molar-refractivity contribution in [3.8, 4) is 0 Å². The fraction of sp³-hybridized carbons (Fsp3) is 0.533. The predicted molar refractivity (Wildman–Crippen MR) is 80.9 cm³/mol. The summed E-state index contributed by atoms with van der Waals surface area (Å²) in [5.41, 5.74) is 8.14. The van der Waals surface area contributed by atoms with Crippen LogP contribution in [0.15, 0.2) is 18.2 Å². The summed E-state index contributed by atoms with van der Waals surface area (Å²) in [7, 11) is 3.50. The lowest BCUT2D eigenvalue weighted by atomic mass is 10.1. The van der Waals surface area contributed by atoms with Crippen LogP contribution >= 0.6 is 0 Å². The van der Waals surface area contributed by atoms with Crippen molar-refractivity contribution < 1.29 is 9.90 Å². The van der Waals surface area contributed by atoms with Crippen LogP contribution in [0.5, 0.6) is 0 Å². The molecule has 1 aromatic rings. The van der Waals surface area contributed by atoms with Crippen molar-refractivity contribution in [1.29, 1.82) is 0 Å². The third kappa shape index (κ3) is 3.04. The molecule has 5 nitrogen and oxygen atoms in total. The van der Waals surface area contributed by atoms with Crippen molar-refractivity contribution in [1.82, 2.24) is 4.90 Å². The summed E-state index contributed by atoms with van der Waals surface area (Å²) >= 11 is 0. The minimum absolute atomic E-state index is 0.00870. The Morgan fingerprint density at radius 2 is 2.25 bits per heavy atom. The number of nitrogens with two attached hydrogens (primary N) is 1. The minimum atomic E-state index is -0.00870. The third-order valence-electron chi connectivity index (χ3n) is 3.82. The fourth-order valence-corrected chi connectivity index (χ4v) is 2.70. The van der Waals surface area contributed by atoms with Gasteiger partial charge in [-0.25, -0.2) is 0 Å². The van der Waals surface area contributed by atoms with E-state index in [2.05, 4.69) is 4.90 Å². The van der Waals surface area contributed by atoms with Gasteiger partial charge in [-0.1, -0.05) is 0 Å². The van der Waals surface area contributed by atoms with Crippen LogP contribution in [-0.4, -0.2) is 49.7 Å². The number of anilines is 2. The largest absolute Gasteiger partial charge is 0.399 e. The zero-order chi connectivity index (χ0) is 14.7. The number of nitrogens with zero attached hydrogens (tertiary/aromatic N) is 2.